The molecule has 3 saturated carbocycles. The van der Waals surface area contributed by atoms with Crippen LogP contribution >= 0.6 is 0 Å². The van der Waals surface area contributed by atoms with Crippen molar-refractivity contribution in [2.24, 2.45) is 29.6 Å². The van der Waals surface area contributed by atoms with Crippen LogP contribution in [0.25, 0.3) is 0 Å². The minimum atomic E-state index is 0.587. The highest BCUT2D eigenvalue weighted by Crippen LogP contribution is 2.42. The Kier molecular flexibility index (Phi) is 16.2. The van der Waals surface area contributed by atoms with E-state index in [-0.39, 0.29) is 0 Å². The fourth-order valence-corrected chi connectivity index (χ4v) is 8.18. The smallest absolute Gasteiger partial charge is 0.0575 e. The normalized spacial score (nSPS) is 31.5. The summed E-state index contributed by atoms with van der Waals surface area (Å²) < 4.78 is 6.41. The standard InChI is InChI=1S/C35H66O/c1-3-5-7-9-11-14-30-17-19-32(20-18-30)16-13-29-36-35-27-25-34(26-28-35)33-23-21-31(22-24-33)15-12-10-8-6-4-2/h30-35H,3-29H2,1-2H3/t30?,31-,32?,33-,34?,35?. The highest BCUT2D eigenvalue weighted by atomic mass is 16.5. The SMILES string of the molecule is CCCCCCCC1CCC(CCCOC2CCC([C@H]3CC[C@H](CCCCCCC)CC3)CC2)CC1. The molecule has 0 aliphatic heterocycles. The first-order valence-electron chi connectivity index (χ1n) is 17.4. The van der Waals surface area contributed by atoms with Crippen LogP contribution in [0.3, 0.4) is 0 Å². The molecular formula is C35H66O. The van der Waals surface area contributed by atoms with Gasteiger partial charge in [-0.1, -0.05) is 129 Å². The molecule has 0 saturated heterocycles. The Morgan fingerprint density at radius 1 is 0.417 bits per heavy atom. The Morgan fingerprint density at radius 3 is 1.28 bits per heavy atom. The second kappa shape index (κ2) is 19.1. The van der Waals surface area contributed by atoms with Crippen LogP contribution in [0.1, 0.15) is 181 Å². The summed E-state index contributed by atoms with van der Waals surface area (Å²) in [7, 11) is 0. The van der Waals surface area contributed by atoms with E-state index in [0.717, 1.165) is 36.2 Å². The average Bonchev–Trinajstić information content (AvgIpc) is 2.92. The first kappa shape index (κ1) is 30.5. The molecule has 36 heavy (non-hydrogen) atoms. The average molecular weight is 503 g/mol. The number of unbranched alkanes of at least 4 members (excludes halogenated alkanes) is 8. The highest BCUT2D eigenvalue weighted by molar-refractivity contribution is 4.82. The van der Waals surface area contributed by atoms with Crippen molar-refractivity contribution < 1.29 is 4.74 Å². The van der Waals surface area contributed by atoms with Gasteiger partial charge in [-0.25, -0.2) is 0 Å². The molecule has 3 rings (SSSR count). The third-order valence-electron chi connectivity index (χ3n) is 10.8. The molecule has 0 aromatic rings. The molecule has 0 aromatic carbocycles. The topological polar surface area (TPSA) is 9.23 Å². The van der Waals surface area contributed by atoms with E-state index in [1.54, 1.807) is 0 Å². The van der Waals surface area contributed by atoms with E-state index in [0.29, 0.717) is 6.10 Å². The maximum atomic E-state index is 6.41. The third kappa shape index (κ3) is 12.2. The van der Waals surface area contributed by atoms with Gasteiger partial charge < -0.3 is 4.74 Å². The number of rotatable bonds is 18. The molecule has 212 valence electrons. The van der Waals surface area contributed by atoms with Crippen molar-refractivity contribution in [1.29, 1.82) is 0 Å². The van der Waals surface area contributed by atoms with Gasteiger partial charge in [0.15, 0.2) is 0 Å². The van der Waals surface area contributed by atoms with E-state index in [1.807, 2.05) is 0 Å². The van der Waals surface area contributed by atoms with Crippen molar-refractivity contribution in [3.63, 3.8) is 0 Å². The zero-order valence-electron chi connectivity index (χ0n) is 25.0. The van der Waals surface area contributed by atoms with Crippen LogP contribution in [0, 0.1) is 29.6 Å². The van der Waals surface area contributed by atoms with Crippen molar-refractivity contribution in [3.8, 4) is 0 Å². The second-order valence-corrected chi connectivity index (χ2v) is 13.6. The summed E-state index contributed by atoms with van der Waals surface area (Å²) in [6, 6.07) is 0. The molecule has 3 aliphatic rings. The summed E-state index contributed by atoms with van der Waals surface area (Å²) in [4.78, 5) is 0. The molecule has 0 heterocycles. The Hall–Kier alpha value is -0.0400. The fourth-order valence-electron chi connectivity index (χ4n) is 8.18. The quantitative estimate of drug-likeness (QED) is 0.169. The van der Waals surface area contributed by atoms with Gasteiger partial charge >= 0.3 is 0 Å². The van der Waals surface area contributed by atoms with Gasteiger partial charge in [0.2, 0.25) is 0 Å². The van der Waals surface area contributed by atoms with Gasteiger partial charge in [-0.15, -0.1) is 0 Å². The molecule has 3 aliphatic carbocycles. The van der Waals surface area contributed by atoms with Crippen molar-refractivity contribution >= 4 is 0 Å². The number of ether oxygens (including phenoxy) is 1. The van der Waals surface area contributed by atoms with Gasteiger partial charge in [-0.05, 0) is 81.0 Å². The fraction of sp³-hybridized carbons (Fsp3) is 1.00. The Morgan fingerprint density at radius 2 is 0.806 bits per heavy atom. The molecule has 0 spiro atoms. The minimum Gasteiger partial charge on any atom is -0.378 e. The Labute approximate surface area is 227 Å². The lowest BCUT2D eigenvalue weighted by Crippen LogP contribution is -2.29. The predicted molar refractivity (Wildman–Crippen MR) is 159 cm³/mol. The van der Waals surface area contributed by atoms with Gasteiger partial charge in [-0.3, -0.25) is 0 Å². The maximum Gasteiger partial charge on any atom is 0.0575 e. The molecule has 0 unspecified atom stereocenters. The highest BCUT2D eigenvalue weighted by Gasteiger charge is 2.31. The van der Waals surface area contributed by atoms with E-state index in [4.69, 9.17) is 4.74 Å². The number of hydrogen-bond acceptors (Lipinski definition) is 1. The van der Waals surface area contributed by atoms with Crippen molar-refractivity contribution in [1.82, 2.24) is 0 Å². The van der Waals surface area contributed by atoms with Gasteiger partial charge in [-0.2, -0.15) is 0 Å². The summed E-state index contributed by atoms with van der Waals surface area (Å²) in [6.45, 7) is 5.68. The van der Waals surface area contributed by atoms with Gasteiger partial charge in [0.1, 0.15) is 0 Å². The lowest BCUT2D eigenvalue weighted by molar-refractivity contribution is 0.00367. The van der Waals surface area contributed by atoms with Crippen molar-refractivity contribution in [2.75, 3.05) is 6.61 Å². The van der Waals surface area contributed by atoms with Crippen LogP contribution in [-0.4, -0.2) is 12.7 Å². The van der Waals surface area contributed by atoms with E-state index < -0.39 is 0 Å². The Balaban J connectivity index is 1.14. The summed E-state index contributed by atoms with van der Waals surface area (Å²) in [5, 5.41) is 0. The van der Waals surface area contributed by atoms with Crippen LogP contribution in [0.15, 0.2) is 0 Å². The molecule has 0 amide bonds. The molecule has 1 nitrogen and oxygen atoms in total. The molecular weight excluding hydrogens is 436 g/mol. The second-order valence-electron chi connectivity index (χ2n) is 13.6. The van der Waals surface area contributed by atoms with E-state index >= 15 is 0 Å². The first-order valence-corrected chi connectivity index (χ1v) is 17.4. The van der Waals surface area contributed by atoms with Crippen molar-refractivity contribution in [3.05, 3.63) is 0 Å². The molecule has 3 fully saturated rings. The van der Waals surface area contributed by atoms with Gasteiger partial charge in [0.05, 0.1) is 6.10 Å². The third-order valence-corrected chi connectivity index (χ3v) is 10.8. The van der Waals surface area contributed by atoms with Gasteiger partial charge in [0.25, 0.3) is 0 Å². The zero-order valence-corrected chi connectivity index (χ0v) is 25.0. The lowest BCUT2D eigenvalue weighted by atomic mass is 9.70. The maximum absolute atomic E-state index is 6.41. The predicted octanol–water partition coefficient (Wildman–Crippen LogP) is 11.7. The van der Waals surface area contributed by atoms with Crippen LogP contribution in [0.5, 0.6) is 0 Å². The van der Waals surface area contributed by atoms with Crippen LogP contribution in [0.2, 0.25) is 0 Å². The monoisotopic (exact) mass is 503 g/mol. The Bertz CT molecular complexity index is 491. The molecule has 0 radical (unpaired) electrons. The molecule has 0 aromatic heterocycles. The summed E-state index contributed by atoms with van der Waals surface area (Å²) in [5.41, 5.74) is 0. The first-order chi connectivity index (χ1) is 17.8. The minimum absolute atomic E-state index is 0.587. The van der Waals surface area contributed by atoms with E-state index in [1.165, 1.54) is 167 Å². The molecule has 0 N–H and O–H groups in total. The molecule has 0 atom stereocenters. The van der Waals surface area contributed by atoms with Gasteiger partial charge in [0, 0.05) is 6.61 Å². The largest absolute Gasteiger partial charge is 0.378 e. The van der Waals surface area contributed by atoms with Crippen LogP contribution < -0.4 is 0 Å². The molecule has 1 heteroatoms. The lowest BCUT2D eigenvalue weighted by Gasteiger charge is -2.38. The van der Waals surface area contributed by atoms with Crippen LogP contribution in [0.4, 0.5) is 0 Å². The van der Waals surface area contributed by atoms with E-state index in [9.17, 15) is 0 Å². The summed E-state index contributed by atoms with van der Waals surface area (Å²) in [6.07, 6.45) is 38.7. The van der Waals surface area contributed by atoms with E-state index in [2.05, 4.69) is 13.8 Å². The molecule has 0 bridgehead atoms. The summed E-state index contributed by atoms with van der Waals surface area (Å²) >= 11 is 0. The number of hydrogen-bond donors (Lipinski definition) is 0. The summed E-state index contributed by atoms with van der Waals surface area (Å²) in [5.74, 6) is 5.20. The van der Waals surface area contributed by atoms with Crippen LogP contribution in [-0.2, 0) is 4.74 Å². The van der Waals surface area contributed by atoms with Crippen molar-refractivity contribution in [2.45, 2.75) is 187 Å². The zero-order chi connectivity index (χ0) is 25.3.